The van der Waals surface area contributed by atoms with Crippen LogP contribution in [0.15, 0.2) is 36.7 Å². The monoisotopic (exact) mass is 487 g/mol. The van der Waals surface area contributed by atoms with Crippen molar-refractivity contribution in [1.29, 1.82) is 0 Å². The maximum absolute atomic E-state index is 12.0. The van der Waals surface area contributed by atoms with Crippen molar-refractivity contribution in [3.8, 4) is 12.3 Å². The Kier molecular flexibility index (Phi) is 7.68. The SMILES string of the molecule is C#CC(Cn1cnc2c(N)nc(Cl)nc21)C(COC(Cc1ccccc1)(C(=O)O)C(=O)O)OC. The number of carbonyl (C=O) groups is 2. The van der Waals surface area contributed by atoms with Gasteiger partial charge in [0.05, 0.1) is 25.0 Å². The smallest absolute Gasteiger partial charge is 0.348 e. The number of anilines is 1. The van der Waals surface area contributed by atoms with Crippen LogP contribution in [0.2, 0.25) is 5.28 Å². The molecule has 0 aliphatic heterocycles. The number of aliphatic carboxylic acids is 2. The first-order valence-electron chi connectivity index (χ1n) is 9.99. The molecule has 0 bridgehead atoms. The number of nitrogen functional groups attached to an aromatic ring is 1. The predicted molar refractivity (Wildman–Crippen MR) is 122 cm³/mol. The van der Waals surface area contributed by atoms with E-state index in [9.17, 15) is 19.8 Å². The molecular formula is C22H22ClN5O6. The molecule has 0 spiro atoms. The molecule has 0 aliphatic carbocycles. The van der Waals surface area contributed by atoms with Crippen LogP contribution in [-0.2, 0) is 32.0 Å². The fraction of sp³-hybridized carbons (Fsp3) is 0.318. The summed E-state index contributed by atoms with van der Waals surface area (Å²) in [5, 5.41) is 19.5. The Morgan fingerprint density at radius 2 is 1.94 bits per heavy atom. The Labute approximate surface area is 199 Å². The third-order valence-electron chi connectivity index (χ3n) is 5.30. The molecule has 2 heterocycles. The lowest BCUT2D eigenvalue weighted by Gasteiger charge is -2.29. The molecule has 11 nitrogen and oxygen atoms in total. The summed E-state index contributed by atoms with van der Waals surface area (Å²) < 4.78 is 12.6. The Morgan fingerprint density at radius 1 is 1.26 bits per heavy atom. The molecule has 1 aromatic carbocycles. The summed E-state index contributed by atoms with van der Waals surface area (Å²) in [6.45, 7) is -0.269. The van der Waals surface area contributed by atoms with Crippen molar-refractivity contribution in [2.75, 3.05) is 19.5 Å². The summed E-state index contributed by atoms with van der Waals surface area (Å²) in [4.78, 5) is 36.2. The van der Waals surface area contributed by atoms with Crippen molar-refractivity contribution in [3.05, 3.63) is 47.5 Å². The summed E-state index contributed by atoms with van der Waals surface area (Å²) in [7, 11) is 1.36. The van der Waals surface area contributed by atoms with Crippen molar-refractivity contribution < 1.29 is 29.3 Å². The van der Waals surface area contributed by atoms with Crippen LogP contribution in [0.25, 0.3) is 11.2 Å². The molecule has 34 heavy (non-hydrogen) atoms. The van der Waals surface area contributed by atoms with Gasteiger partial charge in [0.2, 0.25) is 5.28 Å². The zero-order valence-corrected chi connectivity index (χ0v) is 18.8. The second-order valence-electron chi connectivity index (χ2n) is 7.41. The lowest BCUT2D eigenvalue weighted by atomic mass is 9.94. The molecule has 3 rings (SSSR count). The minimum Gasteiger partial charge on any atom is -0.479 e. The highest BCUT2D eigenvalue weighted by molar-refractivity contribution is 6.28. The summed E-state index contributed by atoms with van der Waals surface area (Å²) in [6.07, 6.45) is 5.93. The molecule has 178 valence electrons. The number of methoxy groups -OCH3 is 1. The fourth-order valence-electron chi connectivity index (χ4n) is 3.43. The number of carboxylic acids is 2. The van der Waals surface area contributed by atoms with E-state index in [1.807, 2.05) is 0 Å². The van der Waals surface area contributed by atoms with Gasteiger partial charge in [-0.1, -0.05) is 36.3 Å². The topological polar surface area (TPSA) is 163 Å². The van der Waals surface area contributed by atoms with Gasteiger partial charge in [0.1, 0.15) is 5.52 Å². The molecule has 3 aromatic rings. The first-order valence-corrected chi connectivity index (χ1v) is 10.4. The van der Waals surface area contributed by atoms with Crippen molar-refractivity contribution >= 4 is 40.5 Å². The first kappa shape index (κ1) is 24.9. The van der Waals surface area contributed by atoms with E-state index in [1.54, 1.807) is 34.9 Å². The van der Waals surface area contributed by atoms with Gasteiger partial charge in [-0.15, -0.1) is 6.42 Å². The minimum atomic E-state index is -2.53. The second-order valence-corrected chi connectivity index (χ2v) is 7.74. The Balaban J connectivity index is 1.83. The van der Waals surface area contributed by atoms with Gasteiger partial charge in [-0.25, -0.2) is 14.6 Å². The molecule has 2 aromatic heterocycles. The molecule has 2 atom stereocenters. The Hall–Kier alpha value is -3.72. The Morgan fingerprint density at radius 3 is 2.53 bits per heavy atom. The highest BCUT2D eigenvalue weighted by Gasteiger charge is 2.49. The zero-order chi connectivity index (χ0) is 24.9. The first-order chi connectivity index (χ1) is 16.2. The van der Waals surface area contributed by atoms with Crippen molar-refractivity contribution in [1.82, 2.24) is 19.5 Å². The summed E-state index contributed by atoms with van der Waals surface area (Å²) in [5.74, 6) is -1.28. The number of imidazole rings is 1. The van der Waals surface area contributed by atoms with Crippen molar-refractivity contribution in [2.45, 2.75) is 24.7 Å². The normalized spacial score (nSPS) is 13.3. The number of halogens is 1. The molecule has 0 fully saturated rings. The van der Waals surface area contributed by atoms with E-state index in [0.29, 0.717) is 16.7 Å². The highest BCUT2D eigenvalue weighted by Crippen LogP contribution is 2.24. The van der Waals surface area contributed by atoms with E-state index in [1.165, 1.54) is 13.4 Å². The molecule has 4 N–H and O–H groups in total. The van der Waals surface area contributed by atoms with Gasteiger partial charge in [0, 0.05) is 20.1 Å². The quantitative estimate of drug-likeness (QED) is 0.205. The van der Waals surface area contributed by atoms with Gasteiger partial charge in [0.15, 0.2) is 11.5 Å². The Bertz CT molecular complexity index is 1210. The number of aromatic nitrogens is 4. The van der Waals surface area contributed by atoms with Crippen LogP contribution in [-0.4, -0.2) is 67.1 Å². The van der Waals surface area contributed by atoms with Gasteiger partial charge >= 0.3 is 11.9 Å². The number of nitrogens with zero attached hydrogens (tertiary/aromatic N) is 4. The summed E-state index contributed by atoms with van der Waals surface area (Å²) in [5.41, 5.74) is 4.46. The fourth-order valence-corrected chi connectivity index (χ4v) is 3.61. The van der Waals surface area contributed by atoms with E-state index < -0.39 is 42.6 Å². The molecule has 0 aliphatic rings. The number of hydrogen-bond acceptors (Lipinski definition) is 8. The molecule has 12 heteroatoms. The lowest BCUT2D eigenvalue weighted by molar-refractivity contribution is -0.188. The summed E-state index contributed by atoms with van der Waals surface area (Å²) in [6, 6.07) is 8.32. The number of nitrogens with two attached hydrogens (primary N) is 1. The molecule has 0 radical (unpaired) electrons. The van der Waals surface area contributed by atoms with E-state index in [4.69, 9.17) is 33.2 Å². The van der Waals surface area contributed by atoms with Gasteiger partial charge < -0.3 is 30.0 Å². The summed E-state index contributed by atoms with van der Waals surface area (Å²) >= 11 is 5.90. The van der Waals surface area contributed by atoms with Crippen LogP contribution >= 0.6 is 11.6 Å². The third kappa shape index (κ3) is 5.09. The predicted octanol–water partition coefficient (Wildman–Crippen LogP) is 1.49. The molecule has 2 unspecified atom stereocenters. The van der Waals surface area contributed by atoms with Crippen LogP contribution in [0.1, 0.15) is 5.56 Å². The number of ether oxygens (including phenoxy) is 2. The number of benzene rings is 1. The van der Waals surface area contributed by atoms with Crippen LogP contribution in [0.4, 0.5) is 5.82 Å². The number of carboxylic acid groups (broad SMARTS) is 2. The number of fused-ring (bicyclic) bond motifs is 1. The van der Waals surface area contributed by atoms with Gasteiger partial charge in [-0.05, 0) is 17.2 Å². The van der Waals surface area contributed by atoms with Crippen LogP contribution in [0, 0.1) is 18.3 Å². The largest absolute Gasteiger partial charge is 0.479 e. The van der Waals surface area contributed by atoms with Crippen molar-refractivity contribution in [2.24, 2.45) is 5.92 Å². The van der Waals surface area contributed by atoms with Gasteiger partial charge in [-0.3, -0.25) is 0 Å². The van der Waals surface area contributed by atoms with E-state index in [-0.39, 0.29) is 17.6 Å². The molecular weight excluding hydrogens is 466 g/mol. The van der Waals surface area contributed by atoms with Crippen LogP contribution in [0.5, 0.6) is 0 Å². The zero-order valence-electron chi connectivity index (χ0n) is 18.1. The molecule has 0 saturated heterocycles. The maximum atomic E-state index is 12.0. The average molecular weight is 488 g/mol. The maximum Gasteiger partial charge on any atom is 0.348 e. The third-order valence-corrected chi connectivity index (χ3v) is 5.47. The van der Waals surface area contributed by atoms with Gasteiger partial charge in [-0.2, -0.15) is 9.97 Å². The van der Waals surface area contributed by atoms with Crippen molar-refractivity contribution in [3.63, 3.8) is 0 Å². The average Bonchev–Trinajstić information content (AvgIpc) is 3.20. The lowest BCUT2D eigenvalue weighted by Crippen LogP contribution is -2.52. The van der Waals surface area contributed by atoms with E-state index in [0.717, 1.165) is 0 Å². The standard InChI is InChI=1S/C22H22ClN5O6/c1-3-14(10-28-12-25-16-17(24)26-21(23)27-18(16)28)15(33-2)11-34-22(19(29)30,20(31)32)9-13-7-5-4-6-8-13/h1,4-8,12,14-15H,9-11H2,2H3,(H,29,30)(H,31,32)(H2,24,26,27). The number of hydrogen-bond donors (Lipinski definition) is 3. The van der Waals surface area contributed by atoms with E-state index >= 15 is 0 Å². The molecule has 0 saturated carbocycles. The highest BCUT2D eigenvalue weighted by atomic mass is 35.5. The van der Waals surface area contributed by atoms with E-state index in [2.05, 4.69) is 20.9 Å². The minimum absolute atomic E-state index is 0.0655. The second kappa shape index (κ2) is 10.5. The van der Waals surface area contributed by atoms with Crippen LogP contribution < -0.4 is 5.73 Å². The molecule has 0 amide bonds. The van der Waals surface area contributed by atoms with Crippen LogP contribution in [0.3, 0.4) is 0 Å². The number of terminal acetylenes is 1. The number of rotatable bonds is 11. The van der Waals surface area contributed by atoms with Gasteiger partial charge in [0.25, 0.3) is 5.60 Å².